The normalized spacial score (nSPS) is 20.1. The number of pyridine rings is 2. The first-order chi connectivity index (χ1) is 15.8. The third-order valence-electron chi connectivity index (χ3n) is 6.36. The summed E-state index contributed by atoms with van der Waals surface area (Å²) >= 11 is 0. The van der Waals surface area contributed by atoms with Crippen molar-refractivity contribution in [1.82, 2.24) is 29.5 Å². The molecule has 3 aromatic rings. The molecule has 2 aliphatic heterocycles. The van der Waals surface area contributed by atoms with Crippen molar-refractivity contribution >= 4 is 11.4 Å². The zero-order valence-electron chi connectivity index (χ0n) is 18.3. The zero-order valence-corrected chi connectivity index (χ0v) is 18.3. The van der Waals surface area contributed by atoms with Gasteiger partial charge in [0.1, 0.15) is 5.82 Å². The van der Waals surface area contributed by atoms with Crippen molar-refractivity contribution in [3.05, 3.63) is 66.0 Å². The Labute approximate surface area is 188 Å². The Morgan fingerprint density at radius 1 is 1.12 bits per heavy atom. The summed E-state index contributed by atoms with van der Waals surface area (Å²) in [6.45, 7) is 6.59. The maximum absolute atomic E-state index is 13.0. The van der Waals surface area contributed by atoms with E-state index in [1.54, 1.807) is 0 Å². The van der Waals surface area contributed by atoms with E-state index in [1.165, 1.54) is 0 Å². The van der Waals surface area contributed by atoms with Gasteiger partial charge in [0, 0.05) is 45.1 Å². The number of hydrogen-bond donors (Lipinski definition) is 1. The minimum Gasteiger partial charge on any atom is -0.379 e. The van der Waals surface area contributed by atoms with E-state index in [0.717, 1.165) is 75.8 Å². The van der Waals surface area contributed by atoms with Crippen LogP contribution >= 0.6 is 0 Å². The molecule has 1 N–H and O–H groups in total. The summed E-state index contributed by atoms with van der Waals surface area (Å²) in [6, 6.07) is 12.1. The number of aromatic nitrogens is 3. The van der Waals surface area contributed by atoms with Gasteiger partial charge in [0.05, 0.1) is 30.5 Å². The van der Waals surface area contributed by atoms with E-state index in [4.69, 9.17) is 9.72 Å². The molecule has 0 aromatic carbocycles. The van der Waals surface area contributed by atoms with Crippen LogP contribution in [-0.2, 0) is 11.3 Å². The van der Waals surface area contributed by atoms with E-state index in [2.05, 4.69) is 30.6 Å². The Balaban J connectivity index is 1.33. The van der Waals surface area contributed by atoms with Gasteiger partial charge < -0.3 is 14.5 Å². The van der Waals surface area contributed by atoms with Crippen LogP contribution in [-0.4, -0.2) is 76.0 Å². The summed E-state index contributed by atoms with van der Waals surface area (Å²) in [5, 5.41) is 3.07. The van der Waals surface area contributed by atoms with Gasteiger partial charge in [0.25, 0.3) is 5.91 Å². The minimum absolute atomic E-state index is 0.109. The van der Waals surface area contributed by atoms with E-state index in [0.29, 0.717) is 12.2 Å². The molecule has 2 aliphatic rings. The maximum atomic E-state index is 13.0. The smallest absolute Gasteiger partial charge is 0.272 e. The van der Waals surface area contributed by atoms with E-state index < -0.39 is 0 Å². The van der Waals surface area contributed by atoms with Gasteiger partial charge in [-0.2, -0.15) is 0 Å². The lowest BCUT2D eigenvalue weighted by atomic mass is 10.2. The van der Waals surface area contributed by atoms with Crippen molar-refractivity contribution in [3.63, 3.8) is 0 Å². The lowest BCUT2D eigenvalue weighted by molar-refractivity contribution is 0.0383. The van der Waals surface area contributed by atoms with Gasteiger partial charge in [-0.3, -0.25) is 19.6 Å². The molecule has 5 heterocycles. The van der Waals surface area contributed by atoms with E-state index in [-0.39, 0.29) is 11.9 Å². The van der Waals surface area contributed by atoms with Gasteiger partial charge in [0.2, 0.25) is 0 Å². The first kappa shape index (κ1) is 21.1. The molecule has 8 heteroatoms. The molecule has 168 valence electrons. The molecule has 0 unspecified atom stereocenters. The molecule has 0 saturated carbocycles. The predicted molar refractivity (Wildman–Crippen MR) is 121 cm³/mol. The van der Waals surface area contributed by atoms with Gasteiger partial charge in [0.15, 0.2) is 5.69 Å². The summed E-state index contributed by atoms with van der Waals surface area (Å²) in [6.07, 6.45) is 5.99. The Bertz CT molecular complexity index is 1050. The molecule has 0 spiro atoms. The fourth-order valence-corrected chi connectivity index (χ4v) is 4.71. The quantitative estimate of drug-likeness (QED) is 0.614. The zero-order chi connectivity index (χ0) is 21.8. The number of carbonyl (C=O) groups excluding carboxylic acids is 1. The number of morpholine rings is 1. The highest BCUT2D eigenvalue weighted by Gasteiger charge is 2.31. The average Bonchev–Trinajstić information content (AvgIpc) is 3.45. The highest BCUT2D eigenvalue weighted by molar-refractivity contribution is 5.99. The fourth-order valence-electron chi connectivity index (χ4n) is 4.71. The summed E-state index contributed by atoms with van der Waals surface area (Å²) in [5.41, 5.74) is 2.42. The Morgan fingerprint density at radius 2 is 2.00 bits per heavy atom. The molecule has 1 amide bonds. The van der Waals surface area contributed by atoms with Crippen LogP contribution in [0.3, 0.4) is 0 Å². The SMILES string of the molecule is O=C(NCCN1CCOCC1)c1nc([C@H]2CCCN2Cc2ccccn2)n2ccccc12. The van der Waals surface area contributed by atoms with Crippen LogP contribution in [0.4, 0.5) is 0 Å². The Morgan fingerprint density at radius 3 is 2.84 bits per heavy atom. The number of fused-ring (bicyclic) bond motifs is 1. The predicted octanol–water partition coefficient (Wildman–Crippen LogP) is 2.13. The number of amides is 1. The average molecular weight is 435 g/mol. The van der Waals surface area contributed by atoms with Gasteiger partial charge in [-0.15, -0.1) is 0 Å². The molecule has 8 nitrogen and oxygen atoms in total. The number of hydrogen-bond acceptors (Lipinski definition) is 6. The lowest BCUT2D eigenvalue weighted by Crippen LogP contribution is -2.41. The van der Waals surface area contributed by atoms with Crippen molar-refractivity contribution in [2.75, 3.05) is 45.9 Å². The molecule has 1 atom stereocenters. The number of rotatable bonds is 7. The van der Waals surface area contributed by atoms with Gasteiger partial charge in [-0.25, -0.2) is 4.98 Å². The van der Waals surface area contributed by atoms with Crippen LogP contribution in [0.1, 0.15) is 40.9 Å². The van der Waals surface area contributed by atoms with Crippen LogP contribution < -0.4 is 5.32 Å². The van der Waals surface area contributed by atoms with Gasteiger partial charge in [-0.05, 0) is 43.7 Å². The molecule has 5 rings (SSSR count). The van der Waals surface area contributed by atoms with E-state index in [9.17, 15) is 4.79 Å². The second kappa shape index (κ2) is 9.77. The monoisotopic (exact) mass is 434 g/mol. The lowest BCUT2D eigenvalue weighted by Gasteiger charge is -2.26. The Hall–Kier alpha value is -2.81. The van der Waals surface area contributed by atoms with Gasteiger partial charge >= 0.3 is 0 Å². The van der Waals surface area contributed by atoms with Crippen LogP contribution in [0.25, 0.3) is 5.52 Å². The topological polar surface area (TPSA) is 75.0 Å². The molecule has 0 aliphatic carbocycles. The summed E-state index contributed by atoms with van der Waals surface area (Å²) in [7, 11) is 0. The van der Waals surface area contributed by atoms with Crippen LogP contribution in [0.5, 0.6) is 0 Å². The third kappa shape index (κ3) is 4.53. The number of carbonyl (C=O) groups is 1. The first-order valence-electron chi connectivity index (χ1n) is 11.5. The highest BCUT2D eigenvalue weighted by atomic mass is 16.5. The van der Waals surface area contributed by atoms with Gasteiger partial charge in [-0.1, -0.05) is 12.1 Å². The number of imidazole rings is 1. The first-order valence-corrected chi connectivity index (χ1v) is 11.5. The second-order valence-corrected chi connectivity index (χ2v) is 8.43. The molecular formula is C24H30N6O2. The van der Waals surface area contributed by atoms with E-state index >= 15 is 0 Å². The second-order valence-electron chi connectivity index (χ2n) is 8.43. The largest absolute Gasteiger partial charge is 0.379 e. The highest BCUT2D eigenvalue weighted by Crippen LogP contribution is 2.33. The summed E-state index contributed by atoms with van der Waals surface area (Å²) in [4.78, 5) is 27.2. The van der Waals surface area contributed by atoms with E-state index in [1.807, 2.05) is 42.7 Å². The summed E-state index contributed by atoms with van der Waals surface area (Å²) in [5.74, 6) is 0.829. The minimum atomic E-state index is -0.109. The Kier molecular flexibility index (Phi) is 6.43. The fraction of sp³-hybridized carbons (Fsp3) is 0.458. The van der Waals surface area contributed by atoms with Crippen LogP contribution in [0.15, 0.2) is 48.8 Å². The van der Waals surface area contributed by atoms with Crippen molar-refractivity contribution in [2.24, 2.45) is 0 Å². The molecule has 2 saturated heterocycles. The summed E-state index contributed by atoms with van der Waals surface area (Å²) < 4.78 is 7.47. The molecule has 32 heavy (non-hydrogen) atoms. The third-order valence-corrected chi connectivity index (χ3v) is 6.36. The van der Waals surface area contributed by atoms with Crippen LogP contribution in [0.2, 0.25) is 0 Å². The standard InChI is InChI=1S/C24H30N6O2/c31-24(26-10-13-28-14-16-32-17-15-28)22-20-7-2-4-12-30(20)23(27-22)21-8-5-11-29(21)18-19-6-1-3-9-25-19/h1-4,6-7,9,12,21H,5,8,10-11,13-18H2,(H,26,31)/t21-/m1/s1. The van der Waals surface area contributed by atoms with Crippen molar-refractivity contribution < 1.29 is 9.53 Å². The number of likely N-dealkylation sites (tertiary alicyclic amines) is 1. The van der Waals surface area contributed by atoms with Crippen molar-refractivity contribution in [3.8, 4) is 0 Å². The molecule has 0 bridgehead atoms. The molecule has 3 aromatic heterocycles. The number of nitrogens with zero attached hydrogens (tertiary/aromatic N) is 5. The van der Waals surface area contributed by atoms with Crippen LogP contribution in [0, 0.1) is 0 Å². The van der Waals surface area contributed by atoms with Crippen molar-refractivity contribution in [1.29, 1.82) is 0 Å². The molecule has 2 fully saturated rings. The maximum Gasteiger partial charge on any atom is 0.272 e. The number of ether oxygens (including phenoxy) is 1. The molecular weight excluding hydrogens is 404 g/mol. The van der Waals surface area contributed by atoms with Crippen molar-refractivity contribution in [2.45, 2.75) is 25.4 Å². The number of nitrogens with one attached hydrogen (secondary N) is 1. The molecule has 0 radical (unpaired) electrons.